The zero-order valence-electron chi connectivity index (χ0n) is 11.7. The van der Waals surface area contributed by atoms with Crippen LogP contribution in [0.3, 0.4) is 0 Å². The lowest BCUT2D eigenvalue weighted by molar-refractivity contribution is 0.0730. The molecule has 108 valence electrons. The quantitative estimate of drug-likeness (QED) is 0.496. The van der Waals surface area contributed by atoms with Crippen LogP contribution in [0.5, 0.6) is 11.5 Å². The summed E-state index contributed by atoms with van der Waals surface area (Å²) in [5.41, 5.74) is 1.05. The lowest BCUT2D eigenvalue weighted by atomic mass is 9.78. The van der Waals surface area contributed by atoms with Crippen molar-refractivity contribution in [2.75, 3.05) is 7.11 Å². The minimum Gasteiger partial charge on any atom is -0.496 e. The Morgan fingerprint density at radius 1 is 1.14 bits per heavy atom. The average molecular weight is 286 g/mol. The Bertz CT molecular complexity index is 640. The van der Waals surface area contributed by atoms with E-state index >= 15 is 0 Å². The van der Waals surface area contributed by atoms with Crippen molar-refractivity contribution >= 4 is 18.6 Å². The molecule has 0 aromatic heterocycles. The molecule has 0 atom stereocenters. The second kappa shape index (κ2) is 6.43. The van der Waals surface area contributed by atoms with Gasteiger partial charge in [0.1, 0.15) is 17.1 Å². The molecule has 0 saturated carbocycles. The third kappa shape index (κ3) is 3.42. The van der Waals surface area contributed by atoms with Gasteiger partial charge >= 0.3 is 13.1 Å². The lowest BCUT2D eigenvalue weighted by Gasteiger charge is -2.13. The van der Waals surface area contributed by atoms with E-state index in [2.05, 4.69) is 0 Å². The Morgan fingerprint density at radius 3 is 2.38 bits per heavy atom. The number of hydrogen-bond donors (Lipinski definition) is 2. The molecule has 0 amide bonds. The van der Waals surface area contributed by atoms with E-state index in [9.17, 15) is 14.8 Å². The highest BCUT2D eigenvalue weighted by Gasteiger charge is 2.22. The van der Waals surface area contributed by atoms with Crippen LogP contribution in [0.1, 0.15) is 15.9 Å². The van der Waals surface area contributed by atoms with Crippen molar-refractivity contribution in [2.24, 2.45) is 0 Å². The van der Waals surface area contributed by atoms with Crippen molar-refractivity contribution in [1.29, 1.82) is 0 Å². The van der Waals surface area contributed by atoms with E-state index in [-0.39, 0.29) is 16.8 Å². The molecule has 0 saturated heterocycles. The van der Waals surface area contributed by atoms with Crippen LogP contribution >= 0.6 is 0 Å². The predicted octanol–water partition coefficient (Wildman–Crippen LogP) is 0.903. The van der Waals surface area contributed by atoms with Gasteiger partial charge in [-0.05, 0) is 36.1 Å². The second-order valence-electron chi connectivity index (χ2n) is 4.49. The Balaban J connectivity index is 2.36. The van der Waals surface area contributed by atoms with Crippen molar-refractivity contribution in [2.45, 2.75) is 6.92 Å². The molecule has 2 N–H and O–H groups in total. The van der Waals surface area contributed by atoms with Crippen molar-refractivity contribution < 1.29 is 24.3 Å². The van der Waals surface area contributed by atoms with E-state index in [4.69, 9.17) is 9.47 Å². The largest absolute Gasteiger partial charge is 0.496 e. The maximum atomic E-state index is 12.3. The van der Waals surface area contributed by atoms with E-state index < -0.39 is 13.1 Å². The molecule has 0 unspecified atom stereocenters. The minimum atomic E-state index is -1.63. The van der Waals surface area contributed by atoms with Crippen LogP contribution in [0, 0.1) is 6.92 Å². The molecule has 0 aliphatic rings. The standard InChI is InChI=1S/C15H15BO5/c1-10-8-11(16(18)19)9-13(20-2)14(10)15(17)21-12-6-4-3-5-7-12/h3-9,18-19H,1-2H3. The lowest BCUT2D eigenvalue weighted by Crippen LogP contribution is -2.31. The van der Waals surface area contributed by atoms with Gasteiger partial charge in [0, 0.05) is 0 Å². The van der Waals surface area contributed by atoms with Crippen molar-refractivity contribution in [3.63, 3.8) is 0 Å². The maximum Gasteiger partial charge on any atom is 0.488 e. The fourth-order valence-corrected chi connectivity index (χ4v) is 2.00. The number of rotatable bonds is 4. The van der Waals surface area contributed by atoms with E-state index in [0.717, 1.165) is 0 Å². The van der Waals surface area contributed by atoms with Gasteiger partial charge in [-0.15, -0.1) is 0 Å². The SMILES string of the molecule is COc1cc(B(O)O)cc(C)c1C(=O)Oc1ccccc1. The highest BCUT2D eigenvalue weighted by atomic mass is 16.5. The first kappa shape index (κ1) is 15.1. The summed E-state index contributed by atoms with van der Waals surface area (Å²) in [5.74, 6) is 0.101. The van der Waals surface area contributed by atoms with E-state index in [1.165, 1.54) is 19.2 Å². The number of carbonyl (C=O) groups excluding carboxylic acids is 1. The monoisotopic (exact) mass is 286 g/mol. The Kier molecular flexibility index (Phi) is 4.62. The fourth-order valence-electron chi connectivity index (χ4n) is 2.00. The molecule has 21 heavy (non-hydrogen) atoms. The number of benzene rings is 2. The molecule has 0 fully saturated rings. The fraction of sp³-hybridized carbons (Fsp3) is 0.133. The first-order valence-corrected chi connectivity index (χ1v) is 6.35. The van der Waals surface area contributed by atoms with Gasteiger partial charge in [-0.1, -0.05) is 24.3 Å². The molecule has 5 nitrogen and oxygen atoms in total. The van der Waals surface area contributed by atoms with Gasteiger partial charge in [0.25, 0.3) is 0 Å². The van der Waals surface area contributed by atoms with E-state index in [1.54, 1.807) is 31.2 Å². The Morgan fingerprint density at radius 2 is 1.81 bits per heavy atom. The summed E-state index contributed by atoms with van der Waals surface area (Å²) in [6, 6.07) is 11.6. The van der Waals surface area contributed by atoms with E-state index in [1.807, 2.05) is 6.07 Å². The van der Waals surface area contributed by atoms with Crippen LogP contribution in [-0.2, 0) is 0 Å². The van der Waals surface area contributed by atoms with Gasteiger partial charge in [-0.3, -0.25) is 0 Å². The van der Waals surface area contributed by atoms with Crippen molar-refractivity contribution in [1.82, 2.24) is 0 Å². The van der Waals surface area contributed by atoms with Gasteiger partial charge in [0.05, 0.1) is 7.11 Å². The molecule has 0 bridgehead atoms. The Hall–Kier alpha value is -2.31. The number of para-hydroxylation sites is 1. The number of hydrogen-bond acceptors (Lipinski definition) is 5. The molecule has 0 spiro atoms. The molecule has 0 aliphatic heterocycles. The van der Waals surface area contributed by atoms with Crippen LogP contribution < -0.4 is 14.9 Å². The molecule has 0 heterocycles. The number of aryl methyl sites for hydroxylation is 1. The minimum absolute atomic E-state index is 0.235. The van der Waals surface area contributed by atoms with Crippen LogP contribution in [0.25, 0.3) is 0 Å². The van der Waals surface area contributed by atoms with E-state index in [0.29, 0.717) is 11.3 Å². The van der Waals surface area contributed by atoms with Gasteiger partial charge in [0.15, 0.2) is 0 Å². The third-order valence-corrected chi connectivity index (χ3v) is 3.00. The summed E-state index contributed by atoms with van der Waals surface area (Å²) < 4.78 is 10.4. The molecule has 0 aliphatic carbocycles. The molecule has 6 heteroatoms. The molecular formula is C15H15BO5. The van der Waals surface area contributed by atoms with Gasteiger partial charge in [-0.2, -0.15) is 0 Å². The van der Waals surface area contributed by atoms with Gasteiger partial charge < -0.3 is 19.5 Å². The number of ether oxygens (including phenoxy) is 2. The zero-order valence-corrected chi connectivity index (χ0v) is 11.7. The van der Waals surface area contributed by atoms with Crippen LogP contribution in [0.4, 0.5) is 0 Å². The number of methoxy groups -OCH3 is 1. The third-order valence-electron chi connectivity index (χ3n) is 3.00. The molecule has 2 rings (SSSR count). The smallest absolute Gasteiger partial charge is 0.488 e. The number of esters is 1. The van der Waals surface area contributed by atoms with Crippen molar-refractivity contribution in [3.05, 3.63) is 53.6 Å². The summed E-state index contributed by atoms with van der Waals surface area (Å²) in [4.78, 5) is 12.3. The topological polar surface area (TPSA) is 76.0 Å². The maximum absolute atomic E-state index is 12.3. The summed E-state index contributed by atoms with van der Waals surface area (Å²) in [7, 11) is -0.224. The number of carbonyl (C=O) groups is 1. The van der Waals surface area contributed by atoms with Crippen LogP contribution in [0.2, 0.25) is 0 Å². The van der Waals surface area contributed by atoms with Gasteiger partial charge in [0.2, 0.25) is 0 Å². The highest BCUT2D eigenvalue weighted by Crippen LogP contribution is 2.23. The summed E-state index contributed by atoms with van der Waals surface area (Å²) in [6.07, 6.45) is 0. The van der Waals surface area contributed by atoms with Crippen LogP contribution in [0.15, 0.2) is 42.5 Å². The molecule has 2 aromatic carbocycles. The summed E-state index contributed by atoms with van der Waals surface area (Å²) in [6.45, 7) is 1.68. The molecule has 2 aromatic rings. The first-order valence-electron chi connectivity index (χ1n) is 6.35. The average Bonchev–Trinajstić information content (AvgIpc) is 2.47. The summed E-state index contributed by atoms with van der Waals surface area (Å²) in [5, 5.41) is 18.4. The molecular weight excluding hydrogens is 271 g/mol. The highest BCUT2D eigenvalue weighted by molar-refractivity contribution is 6.58. The van der Waals surface area contributed by atoms with Crippen LogP contribution in [-0.4, -0.2) is 30.2 Å². The summed E-state index contributed by atoms with van der Waals surface area (Å²) >= 11 is 0. The second-order valence-corrected chi connectivity index (χ2v) is 4.49. The normalized spacial score (nSPS) is 10.1. The molecule has 0 radical (unpaired) electrons. The van der Waals surface area contributed by atoms with Crippen molar-refractivity contribution in [3.8, 4) is 11.5 Å². The first-order chi connectivity index (χ1) is 10.0. The predicted molar refractivity (Wildman–Crippen MR) is 79.0 cm³/mol. The Labute approximate surface area is 122 Å². The van der Waals surface area contributed by atoms with Gasteiger partial charge in [-0.25, -0.2) is 4.79 Å². The zero-order chi connectivity index (χ0) is 15.4.